The maximum absolute atomic E-state index is 14.4. The van der Waals surface area contributed by atoms with Crippen LogP contribution in [-0.2, 0) is 16.6 Å². The van der Waals surface area contributed by atoms with Crippen LogP contribution in [0.15, 0.2) is 84.3 Å². The first-order chi connectivity index (χ1) is 16.2. The van der Waals surface area contributed by atoms with Gasteiger partial charge in [0.2, 0.25) is 0 Å². The van der Waals surface area contributed by atoms with Crippen molar-refractivity contribution in [3.8, 4) is 5.69 Å². The lowest BCUT2D eigenvalue weighted by atomic mass is 10.1. The first-order valence-corrected chi connectivity index (χ1v) is 11.7. The molecule has 4 aromatic rings. The van der Waals surface area contributed by atoms with Crippen LogP contribution < -0.4 is 10.0 Å². The third kappa shape index (κ3) is 5.12. The van der Waals surface area contributed by atoms with Gasteiger partial charge in [-0.2, -0.15) is 0 Å². The summed E-state index contributed by atoms with van der Waals surface area (Å²) in [5.41, 5.74) is 1.55. The number of hydrogen-bond acceptors (Lipinski definition) is 4. The Labute approximate surface area is 195 Å². The van der Waals surface area contributed by atoms with Crippen molar-refractivity contribution in [3.63, 3.8) is 0 Å². The quantitative estimate of drug-likeness (QED) is 0.413. The molecule has 34 heavy (non-hydrogen) atoms. The Morgan fingerprint density at radius 3 is 2.56 bits per heavy atom. The summed E-state index contributed by atoms with van der Waals surface area (Å²) >= 11 is 0. The summed E-state index contributed by atoms with van der Waals surface area (Å²) in [5, 5.41) is 2.68. The highest BCUT2D eigenvalue weighted by Crippen LogP contribution is 2.20. The van der Waals surface area contributed by atoms with Gasteiger partial charge < -0.3 is 9.88 Å². The Kier molecular flexibility index (Phi) is 6.42. The number of carbonyl (C=O) groups excluding carboxylic acids is 1. The molecular weight excluding hydrogens is 462 g/mol. The SMILES string of the molecule is Cc1ccc(S(=O)(=O)Nc2cccc(C(=O)NCc3ccc(-n4ccnc4)c(F)c3)c2)cc1F. The molecule has 3 aromatic carbocycles. The van der Waals surface area contributed by atoms with Gasteiger partial charge in [0.15, 0.2) is 0 Å². The highest BCUT2D eigenvalue weighted by atomic mass is 32.2. The molecule has 174 valence electrons. The zero-order chi connectivity index (χ0) is 24.3. The molecule has 0 spiro atoms. The standard InChI is InChI=1S/C24H20F2N4O3S/c1-16-5-7-20(13-21(16)25)34(32,33)29-19-4-2-3-18(12-19)24(31)28-14-17-6-8-23(22(26)11-17)30-10-9-27-15-30/h2-13,15,29H,14H2,1H3,(H,28,31). The molecule has 1 amide bonds. The van der Waals surface area contributed by atoms with Crippen molar-refractivity contribution in [2.75, 3.05) is 4.72 Å². The van der Waals surface area contributed by atoms with E-state index in [2.05, 4.69) is 15.0 Å². The number of aryl methyl sites for hydroxylation is 1. The van der Waals surface area contributed by atoms with Gasteiger partial charge in [-0.3, -0.25) is 9.52 Å². The molecule has 2 N–H and O–H groups in total. The number of nitrogens with one attached hydrogen (secondary N) is 2. The summed E-state index contributed by atoms with van der Waals surface area (Å²) in [7, 11) is -4.05. The minimum absolute atomic E-state index is 0.0680. The smallest absolute Gasteiger partial charge is 0.261 e. The Morgan fingerprint density at radius 1 is 1.03 bits per heavy atom. The van der Waals surface area contributed by atoms with Gasteiger partial charge in [0.1, 0.15) is 11.6 Å². The van der Waals surface area contributed by atoms with Crippen LogP contribution in [0.5, 0.6) is 0 Å². The zero-order valence-corrected chi connectivity index (χ0v) is 18.8. The average molecular weight is 483 g/mol. The molecule has 0 aliphatic carbocycles. The Morgan fingerprint density at radius 2 is 1.85 bits per heavy atom. The highest BCUT2D eigenvalue weighted by molar-refractivity contribution is 7.92. The molecule has 1 heterocycles. The molecule has 0 saturated heterocycles. The molecule has 0 bridgehead atoms. The summed E-state index contributed by atoms with van der Waals surface area (Å²) in [6.45, 7) is 1.60. The van der Waals surface area contributed by atoms with Gasteiger partial charge in [-0.05, 0) is 60.5 Å². The topological polar surface area (TPSA) is 93.1 Å². The van der Waals surface area contributed by atoms with Gasteiger partial charge in [0.05, 0.1) is 16.9 Å². The Bertz CT molecular complexity index is 1460. The predicted octanol–water partition coefficient (Wildman–Crippen LogP) is 4.19. The van der Waals surface area contributed by atoms with Gasteiger partial charge in [0, 0.05) is 30.2 Å². The molecule has 1 aromatic heterocycles. The van der Waals surface area contributed by atoms with E-state index in [1.165, 1.54) is 60.3 Å². The van der Waals surface area contributed by atoms with Gasteiger partial charge in [-0.25, -0.2) is 22.2 Å². The second-order valence-corrected chi connectivity index (χ2v) is 9.22. The monoisotopic (exact) mass is 482 g/mol. The predicted molar refractivity (Wildman–Crippen MR) is 123 cm³/mol. The molecular formula is C24H20F2N4O3S. The number of amides is 1. The van der Waals surface area contributed by atoms with Crippen LogP contribution >= 0.6 is 0 Å². The minimum Gasteiger partial charge on any atom is -0.348 e. The fourth-order valence-corrected chi connectivity index (χ4v) is 4.30. The van der Waals surface area contributed by atoms with E-state index in [0.29, 0.717) is 16.8 Å². The Hall–Kier alpha value is -4.05. The molecule has 0 radical (unpaired) electrons. The number of nitrogens with zero attached hydrogens (tertiary/aromatic N) is 2. The molecule has 0 aliphatic heterocycles. The van der Waals surface area contributed by atoms with E-state index in [0.717, 1.165) is 6.07 Å². The van der Waals surface area contributed by atoms with Crippen molar-refractivity contribution in [2.45, 2.75) is 18.4 Å². The van der Waals surface area contributed by atoms with E-state index in [1.807, 2.05) is 0 Å². The van der Waals surface area contributed by atoms with E-state index < -0.39 is 27.6 Å². The van der Waals surface area contributed by atoms with Crippen molar-refractivity contribution >= 4 is 21.6 Å². The van der Waals surface area contributed by atoms with Crippen molar-refractivity contribution in [3.05, 3.63) is 108 Å². The number of halogens is 2. The van der Waals surface area contributed by atoms with Crippen LogP contribution in [0.3, 0.4) is 0 Å². The summed E-state index contributed by atoms with van der Waals surface area (Å²) in [4.78, 5) is 16.2. The second kappa shape index (κ2) is 9.44. The first kappa shape index (κ1) is 23.1. The molecule has 10 heteroatoms. The zero-order valence-electron chi connectivity index (χ0n) is 18.0. The van der Waals surface area contributed by atoms with E-state index in [4.69, 9.17) is 0 Å². The van der Waals surface area contributed by atoms with E-state index in [-0.39, 0.29) is 22.7 Å². The highest BCUT2D eigenvalue weighted by Gasteiger charge is 2.17. The molecule has 0 atom stereocenters. The molecule has 4 rings (SSSR count). The number of rotatable bonds is 7. The van der Waals surface area contributed by atoms with Crippen molar-refractivity contribution in [1.82, 2.24) is 14.9 Å². The van der Waals surface area contributed by atoms with Crippen LogP contribution in [0.4, 0.5) is 14.5 Å². The molecule has 0 saturated carbocycles. The van der Waals surface area contributed by atoms with Crippen LogP contribution in [0, 0.1) is 18.6 Å². The van der Waals surface area contributed by atoms with Crippen molar-refractivity contribution in [1.29, 1.82) is 0 Å². The Balaban J connectivity index is 1.44. The van der Waals surface area contributed by atoms with E-state index in [1.54, 1.807) is 24.5 Å². The molecule has 0 fully saturated rings. The summed E-state index contributed by atoms with van der Waals surface area (Å²) < 4.78 is 57.2. The fourth-order valence-electron chi connectivity index (χ4n) is 3.23. The van der Waals surface area contributed by atoms with E-state index >= 15 is 0 Å². The number of hydrogen-bond donors (Lipinski definition) is 2. The van der Waals surface area contributed by atoms with Crippen LogP contribution in [0.1, 0.15) is 21.5 Å². The largest absolute Gasteiger partial charge is 0.348 e. The third-order valence-corrected chi connectivity index (χ3v) is 6.46. The number of sulfonamides is 1. The lowest BCUT2D eigenvalue weighted by Gasteiger charge is -2.11. The van der Waals surface area contributed by atoms with Gasteiger partial charge >= 0.3 is 0 Å². The summed E-state index contributed by atoms with van der Waals surface area (Å²) in [6.07, 6.45) is 4.65. The normalized spacial score (nSPS) is 11.3. The van der Waals surface area contributed by atoms with Crippen LogP contribution in [0.25, 0.3) is 5.69 Å². The van der Waals surface area contributed by atoms with Gasteiger partial charge in [0.25, 0.3) is 15.9 Å². The van der Waals surface area contributed by atoms with Gasteiger partial charge in [-0.15, -0.1) is 0 Å². The van der Waals surface area contributed by atoms with Crippen molar-refractivity contribution < 1.29 is 22.0 Å². The number of imidazole rings is 1. The second-order valence-electron chi connectivity index (χ2n) is 7.54. The average Bonchev–Trinajstić information content (AvgIpc) is 3.34. The summed E-state index contributed by atoms with van der Waals surface area (Å²) in [5.74, 6) is -1.57. The number of carbonyl (C=O) groups is 1. The fraction of sp³-hybridized carbons (Fsp3) is 0.0833. The first-order valence-electron chi connectivity index (χ1n) is 10.2. The minimum atomic E-state index is -4.05. The maximum atomic E-state index is 14.4. The summed E-state index contributed by atoms with van der Waals surface area (Å²) in [6, 6.07) is 14.1. The lowest BCUT2D eigenvalue weighted by Crippen LogP contribution is -2.23. The van der Waals surface area contributed by atoms with Crippen molar-refractivity contribution in [2.24, 2.45) is 0 Å². The van der Waals surface area contributed by atoms with Gasteiger partial charge in [-0.1, -0.05) is 18.2 Å². The molecule has 0 aliphatic rings. The molecule has 0 unspecified atom stereocenters. The number of benzene rings is 3. The lowest BCUT2D eigenvalue weighted by molar-refractivity contribution is 0.0951. The van der Waals surface area contributed by atoms with E-state index in [9.17, 15) is 22.0 Å². The number of aromatic nitrogens is 2. The van der Waals surface area contributed by atoms with Crippen LogP contribution in [-0.4, -0.2) is 23.9 Å². The third-order valence-electron chi connectivity index (χ3n) is 5.08. The number of anilines is 1. The maximum Gasteiger partial charge on any atom is 0.261 e. The van der Waals surface area contributed by atoms with Crippen LogP contribution in [0.2, 0.25) is 0 Å². The molecule has 7 nitrogen and oxygen atoms in total.